The first kappa shape index (κ1) is 30.7. The number of hydrogen-bond acceptors (Lipinski definition) is 4. The van der Waals surface area contributed by atoms with E-state index in [9.17, 15) is 4.79 Å². The van der Waals surface area contributed by atoms with E-state index in [1.54, 1.807) is 11.3 Å². The van der Waals surface area contributed by atoms with Gasteiger partial charge in [0.05, 0.1) is 12.0 Å². The van der Waals surface area contributed by atoms with Gasteiger partial charge < -0.3 is 14.8 Å². The normalized spacial score (nSPS) is 10.9. The Labute approximate surface area is 239 Å². The monoisotopic (exact) mass is 551 g/mol. The van der Waals surface area contributed by atoms with Crippen LogP contribution in [0.15, 0.2) is 60.1 Å². The number of carbonyl (C=O) groups is 1. The van der Waals surface area contributed by atoms with Crippen LogP contribution in [0.5, 0.6) is 11.5 Å². The predicted octanol–water partition coefficient (Wildman–Crippen LogP) is 8.49. The quantitative estimate of drug-likeness (QED) is 0.113. The molecule has 1 N–H and O–H groups in total. The molecule has 0 radical (unpaired) electrons. The fourth-order valence-electron chi connectivity index (χ4n) is 4.62. The van der Waals surface area contributed by atoms with E-state index in [2.05, 4.69) is 41.4 Å². The lowest BCUT2D eigenvalue weighted by Gasteiger charge is -2.10. The second-order valence-corrected chi connectivity index (χ2v) is 11.4. The zero-order chi connectivity index (χ0) is 27.5. The highest BCUT2D eigenvalue weighted by Crippen LogP contribution is 2.20. The van der Waals surface area contributed by atoms with Crippen LogP contribution in [0.2, 0.25) is 0 Å². The highest BCUT2D eigenvalue weighted by Gasteiger charge is 2.10. The molecule has 3 aromatic rings. The van der Waals surface area contributed by atoms with Crippen LogP contribution < -0.4 is 19.4 Å². The zero-order valence-electron chi connectivity index (χ0n) is 24.0. The summed E-state index contributed by atoms with van der Waals surface area (Å²) in [5.74, 6) is 1.23. The summed E-state index contributed by atoms with van der Waals surface area (Å²) in [6.45, 7) is 5.81. The van der Waals surface area contributed by atoms with E-state index >= 15 is 0 Å². The maximum Gasteiger partial charge on any atom is 0.262 e. The molecule has 1 amide bonds. The van der Waals surface area contributed by atoms with Crippen LogP contribution >= 0.6 is 11.3 Å². The van der Waals surface area contributed by atoms with Gasteiger partial charge in [0.15, 0.2) is 19.3 Å². The lowest BCUT2D eigenvalue weighted by Crippen LogP contribution is -2.34. The third-order valence-electron chi connectivity index (χ3n) is 6.89. The van der Waals surface area contributed by atoms with E-state index in [1.807, 2.05) is 42.5 Å². The van der Waals surface area contributed by atoms with Crippen LogP contribution in [0.25, 0.3) is 0 Å². The van der Waals surface area contributed by atoms with Gasteiger partial charge in [-0.2, -0.15) is 4.57 Å². The van der Waals surface area contributed by atoms with Crippen molar-refractivity contribution in [1.29, 1.82) is 0 Å². The number of aryl methyl sites for hydroxylation is 1. The van der Waals surface area contributed by atoms with Gasteiger partial charge in [0.1, 0.15) is 11.5 Å². The number of benzene rings is 2. The summed E-state index contributed by atoms with van der Waals surface area (Å²) in [5.41, 5.74) is 1.91. The molecular formula is C33H47N2O3S+. The molecule has 1 aromatic heterocycles. The van der Waals surface area contributed by atoms with Crippen molar-refractivity contribution in [1.82, 2.24) is 0 Å². The average molecular weight is 552 g/mol. The van der Waals surface area contributed by atoms with Crippen molar-refractivity contribution < 1.29 is 18.8 Å². The first-order chi connectivity index (χ1) is 19.1. The Kier molecular flexibility index (Phi) is 14.5. The van der Waals surface area contributed by atoms with Crippen molar-refractivity contribution in [3.8, 4) is 11.5 Å². The average Bonchev–Trinajstić information content (AvgIpc) is 3.34. The molecule has 0 aliphatic heterocycles. The van der Waals surface area contributed by atoms with E-state index in [-0.39, 0.29) is 12.5 Å². The van der Waals surface area contributed by atoms with Gasteiger partial charge in [0.2, 0.25) is 5.01 Å². The van der Waals surface area contributed by atoms with E-state index in [4.69, 9.17) is 9.47 Å². The van der Waals surface area contributed by atoms with Crippen LogP contribution in [0, 0.1) is 6.92 Å². The molecule has 0 atom stereocenters. The number of nitrogens with one attached hydrogen (secondary N) is 1. The molecular weight excluding hydrogens is 504 g/mol. The van der Waals surface area contributed by atoms with Gasteiger partial charge in [0, 0.05) is 24.2 Å². The van der Waals surface area contributed by atoms with E-state index in [1.165, 1.54) is 75.6 Å². The maximum atomic E-state index is 12.5. The van der Waals surface area contributed by atoms with Crippen LogP contribution in [0.1, 0.15) is 94.5 Å². The van der Waals surface area contributed by atoms with Crippen molar-refractivity contribution in [3.63, 3.8) is 0 Å². The Morgan fingerprint density at radius 2 is 1.46 bits per heavy atom. The fraction of sp³-hybridized carbons (Fsp3) is 0.515. The minimum atomic E-state index is -0.186. The number of hydrogen-bond donors (Lipinski definition) is 1. The number of aromatic nitrogens is 1. The van der Waals surface area contributed by atoms with E-state index in [0.717, 1.165) is 30.0 Å². The summed E-state index contributed by atoms with van der Waals surface area (Å²) >= 11 is 1.72. The second-order valence-electron chi connectivity index (χ2n) is 10.3. The molecule has 0 spiro atoms. The van der Waals surface area contributed by atoms with Crippen molar-refractivity contribution >= 4 is 22.9 Å². The van der Waals surface area contributed by atoms with Gasteiger partial charge in [-0.25, -0.2) is 0 Å². The summed E-state index contributed by atoms with van der Waals surface area (Å²) in [6, 6.07) is 15.5. The number of nitrogens with zero attached hydrogens (tertiary/aromatic N) is 1. The molecule has 0 unspecified atom stereocenters. The molecule has 5 nitrogen and oxygen atoms in total. The summed E-state index contributed by atoms with van der Waals surface area (Å²) in [5, 5.41) is 6.27. The molecule has 1 heterocycles. The van der Waals surface area contributed by atoms with Gasteiger partial charge in [-0.05, 0) is 30.7 Å². The summed E-state index contributed by atoms with van der Waals surface area (Å²) in [7, 11) is 0. The number of ether oxygens (including phenoxy) is 2. The van der Waals surface area contributed by atoms with Crippen LogP contribution in [0.4, 0.5) is 5.69 Å². The molecule has 0 fully saturated rings. The number of amides is 1. The Morgan fingerprint density at radius 3 is 2.13 bits per heavy atom. The molecule has 0 saturated heterocycles. The van der Waals surface area contributed by atoms with Crippen molar-refractivity contribution in [2.24, 2.45) is 0 Å². The first-order valence-corrected chi connectivity index (χ1v) is 15.7. The molecule has 0 bridgehead atoms. The highest BCUT2D eigenvalue weighted by atomic mass is 32.1. The topological polar surface area (TPSA) is 51.4 Å². The SMILES string of the molecule is CCCCCCCCCCCCCCOc1cccc(OCC(=O)Nc2cccc(C[n+]3ccsc3C)c2)c1. The number of unbranched alkanes of at least 4 members (excludes halogenated alkanes) is 11. The van der Waals surface area contributed by atoms with Crippen molar-refractivity contribution in [2.75, 3.05) is 18.5 Å². The molecule has 2 aromatic carbocycles. The minimum Gasteiger partial charge on any atom is -0.493 e. The lowest BCUT2D eigenvalue weighted by atomic mass is 10.1. The molecule has 6 heteroatoms. The number of carbonyl (C=O) groups excluding carboxylic acids is 1. The van der Waals surface area contributed by atoms with Crippen molar-refractivity contribution in [3.05, 3.63) is 70.7 Å². The van der Waals surface area contributed by atoms with Gasteiger partial charge >= 0.3 is 0 Å². The zero-order valence-corrected chi connectivity index (χ0v) is 24.8. The molecule has 0 saturated carbocycles. The molecule has 0 aliphatic carbocycles. The third kappa shape index (κ3) is 12.7. The smallest absolute Gasteiger partial charge is 0.262 e. The lowest BCUT2D eigenvalue weighted by molar-refractivity contribution is -0.689. The summed E-state index contributed by atoms with van der Waals surface area (Å²) in [4.78, 5) is 12.5. The number of thiazole rings is 1. The van der Waals surface area contributed by atoms with Crippen LogP contribution in [-0.2, 0) is 11.3 Å². The molecule has 212 valence electrons. The largest absolute Gasteiger partial charge is 0.493 e. The van der Waals surface area contributed by atoms with Gasteiger partial charge in [-0.1, -0.05) is 107 Å². The molecule has 39 heavy (non-hydrogen) atoms. The number of anilines is 1. The van der Waals surface area contributed by atoms with E-state index < -0.39 is 0 Å². The van der Waals surface area contributed by atoms with Crippen LogP contribution in [-0.4, -0.2) is 19.1 Å². The molecule has 3 rings (SSSR count). The highest BCUT2D eigenvalue weighted by molar-refractivity contribution is 7.09. The summed E-state index contributed by atoms with van der Waals surface area (Å²) < 4.78 is 13.9. The fourth-order valence-corrected chi connectivity index (χ4v) is 5.28. The van der Waals surface area contributed by atoms with Gasteiger partial charge in [-0.3, -0.25) is 4.79 Å². The van der Waals surface area contributed by atoms with Crippen molar-refractivity contribution in [2.45, 2.75) is 97.4 Å². The second kappa shape index (κ2) is 18.4. The van der Waals surface area contributed by atoms with E-state index in [0.29, 0.717) is 12.4 Å². The third-order valence-corrected chi connectivity index (χ3v) is 7.72. The minimum absolute atomic E-state index is 0.0508. The standard InChI is InChI=1S/C33H46N2O3S/c1-3-4-5-6-7-8-9-10-11-12-13-14-22-37-31-19-16-20-32(25-31)38-27-33(36)34-30-18-15-17-29(24-30)26-35-21-23-39-28(35)2/h15-21,23-25H,3-14,22,26-27H2,1-2H3/p+1. The first-order valence-electron chi connectivity index (χ1n) is 14.8. The Morgan fingerprint density at radius 1 is 0.821 bits per heavy atom. The number of rotatable bonds is 20. The Balaban J connectivity index is 1.27. The Bertz CT molecular complexity index is 1100. The summed E-state index contributed by atoms with van der Waals surface area (Å²) in [6.07, 6.45) is 18.1. The predicted molar refractivity (Wildman–Crippen MR) is 162 cm³/mol. The van der Waals surface area contributed by atoms with Crippen LogP contribution in [0.3, 0.4) is 0 Å². The maximum absolute atomic E-state index is 12.5. The van der Waals surface area contributed by atoms with Gasteiger partial charge in [-0.15, -0.1) is 0 Å². The van der Waals surface area contributed by atoms with Gasteiger partial charge in [0.25, 0.3) is 5.91 Å². The Hall–Kier alpha value is -2.86. The molecule has 0 aliphatic rings.